The number of hydrogen-bond donors (Lipinski definition) is 0. The summed E-state index contributed by atoms with van der Waals surface area (Å²) in [5, 5.41) is 8.29. The van der Waals surface area contributed by atoms with Crippen LogP contribution < -0.4 is 0 Å². The van der Waals surface area contributed by atoms with Gasteiger partial charge in [-0.25, -0.2) is 4.68 Å². The van der Waals surface area contributed by atoms with E-state index in [0.29, 0.717) is 0 Å². The minimum absolute atomic E-state index is 0.0209. The lowest BCUT2D eigenvalue weighted by atomic mass is 9.84. The monoisotopic (exact) mass is 223 g/mol. The smallest absolute Gasteiger partial charge is 0.174 e. The molecule has 2 aliphatic rings. The first-order chi connectivity index (χ1) is 8.36. The number of rotatable bonds is 0. The molecule has 2 atom stereocenters. The Kier molecular flexibility index (Phi) is 1.52. The summed E-state index contributed by atoms with van der Waals surface area (Å²) in [7, 11) is 0. The number of aromatic nitrogens is 3. The van der Waals surface area contributed by atoms with Crippen molar-refractivity contribution in [1.82, 2.24) is 15.0 Å². The molecular weight excluding hydrogens is 214 g/mol. The molecule has 2 unspecified atom stereocenters. The Balaban J connectivity index is 2.12. The summed E-state index contributed by atoms with van der Waals surface area (Å²) in [6, 6.07) is 5.58. The largest absolute Gasteiger partial charge is 0.293 e. The average Bonchev–Trinajstić information content (AvgIpc) is 2.81. The third-order valence-corrected chi connectivity index (χ3v) is 3.45. The van der Waals surface area contributed by atoms with Crippen LogP contribution in [0.15, 0.2) is 42.5 Å². The van der Waals surface area contributed by atoms with E-state index in [1.807, 2.05) is 47.2 Å². The van der Waals surface area contributed by atoms with Crippen molar-refractivity contribution >= 4 is 16.8 Å². The molecule has 82 valence electrons. The van der Waals surface area contributed by atoms with Crippen molar-refractivity contribution in [2.75, 3.05) is 0 Å². The first kappa shape index (κ1) is 8.87. The molecule has 4 nitrogen and oxygen atoms in total. The Labute approximate surface area is 97.2 Å². The van der Waals surface area contributed by atoms with Crippen LogP contribution in [0.25, 0.3) is 11.0 Å². The van der Waals surface area contributed by atoms with Crippen molar-refractivity contribution in [3.63, 3.8) is 0 Å². The van der Waals surface area contributed by atoms with E-state index in [2.05, 4.69) is 10.3 Å². The summed E-state index contributed by atoms with van der Waals surface area (Å²) >= 11 is 0. The number of ketones is 1. The molecule has 0 N–H and O–H groups in total. The lowest BCUT2D eigenvalue weighted by molar-refractivity contribution is 0.0912. The lowest BCUT2D eigenvalue weighted by Gasteiger charge is -2.28. The highest BCUT2D eigenvalue weighted by Gasteiger charge is 2.36. The number of Topliss-reactive ketones (excluding diaryl/α,β-unsaturated/α-hetero) is 1. The van der Waals surface area contributed by atoms with Crippen LogP contribution >= 0.6 is 0 Å². The zero-order valence-electron chi connectivity index (χ0n) is 8.95. The molecule has 1 aromatic carbocycles. The van der Waals surface area contributed by atoms with Crippen LogP contribution in [0, 0.1) is 5.92 Å². The number of nitrogens with zero attached hydrogens (tertiary/aromatic N) is 3. The molecule has 4 heteroatoms. The van der Waals surface area contributed by atoms with E-state index in [4.69, 9.17) is 0 Å². The van der Waals surface area contributed by atoms with Gasteiger partial charge in [0, 0.05) is 5.56 Å². The van der Waals surface area contributed by atoms with Gasteiger partial charge in [0.2, 0.25) is 0 Å². The molecule has 0 saturated carbocycles. The van der Waals surface area contributed by atoms with E-state index in [-0.39, 0.29) is 17.7 Å². The van der Waals surface area contributed by atoms with Crippen LogP contribution in [0.5, 0.6) is 0 Å². The number of fused-ring (bicyclic) bond motifs is 2. The number of benzene rings is 1. The standard InChI is InChI=1S/C13H9N3O/c17-13-8-4-1-2-7-11(8)16-12-9(13)5-3-6-10(12)14-15-16/h1-8,11H. The fraction of sp³-hybridized carbons (Fsp3) is 0.154. The van der Waals surface area contributed by atoms with Crippen molar-refractivity contribution in [2.45, 2.75) is 6.04 Å². The predicted octanol–water partition coefficient (Wildman–Crippen LogP) is 1.91. The zero-order valence-corrected chi connectivity index (χ0v) is 8.95. The average molecular weight is 223 g/mol. The Morgan fingerprint density at radius 2 is 2.06 bits per heavy atom. The Hall–Kier alpha value is -2.23. The topological polar surface area (TPSA) is 47.8 Å². The number of carbonyl (C=O) groups excluding carboxylic acids is 1. The molecule has 1 aliphatic carbocycles. The van der Waals surface area contributed by atoms with Crippen LogP contribution in [0.4, 0.5) is 0 Å². The van der Waals surface area contributed by atoms with Gasteiger partial charge in [0.05, 0.1) is 12.0 Å². The molecule has 1 aromatic heterocycles. The highest BCUT2D eigenvalue weighted by atomic mass is 16.1. The number of carbonyl (C=O) groups is 1. The predicted molar refractivity (Wildman–Crippen MR) is 62.7 cm³/mol. The van der Waals surface area contributed by atoms with E-state index in [9.17, 15) is 4.79 Å². The maximum atomic E-state index is 12.4. The van der Waals surface area contributed by atoms with Crippen molar-refractivity contribution in [3.05, 3.63) is 48.1 Å². The molecule has 0 amide bonds. The van der Waals surface area contributed by atoms with Gasteiger partial charge in [-0.1, -0.05) is 35.6 Å². The number of allylic oxidation sites excluding steroid dienone is 4. The molecule has 0 fully saturated rings. The van der Waals surface area contributed by atoms with Crippen LogP contribution in [0.3, 0.4) is 0 Å². The van der Waals surface area contributed by atoms with Crippen molar-refractivity contribution < 1.29 is 4.79 Å². The minimum atomic E-state index is -0.139. The van der Waals surface area contributed by atoms with Crippen LogP contribution in [-0.4, -0.2) is 20.8 Å². The summed E-state index contributed by atoms with van der Waals surface area (Å²) < 4.78 is 1.86. The molecule has 4 rings (SSSR count). The van der Waals surface area contributed by atoms with Crippen molar-refractivity contribution in [1.29, 1.82) is 0 Å². The summed E-state index contributed by atoms with van der Waals surface area (Å²) in [6.45, 7) is 0. The highest BCUT2D eigenvalue weighted by Crippen LogP contribution is 2.36. The van der Waals surface area contributed by atoms with Gasteiger partial charge in [-0.05, 0) is 12.1 Å². The minimum Gasteiger partial charge on any atom is -0.293 e. The van der Waals surface area contributed by atoms with Gasteiger partial charge in [-0.15, -0.1) is 5.10 Å². The quantitative estimate of drug-likeness (QED) is 0.685. The summed E-state index contributed by atoms with van der Waals surface area (Å²) in [4.78, 5) is 12.4. The maximum Gasteiger partial charge on any atom is 0.174 e. The number of para-hydroxylation sites is 1. The molecule has 0 bridgehead atoms. The van der Waals surface area contributed by atoms with Crippen molar-refractivity contribution in [3.8, 4) is 0 Å². The first-order valence-corrected chi connectivity index (χ1v) is 5.59. The second-order valence-electron chi connectivity index (χ2n) is 4.36. The third kappa shape index (κ3) is 0.996. The summed E-state index contributed by atoms with van der Waals surface area (Å²) in [6.07, 6.45) is 7.82. The van der Waals surface area contributed by atoms with Gasteiger partial charge in [-0.2, -0.15) is 0 Å². The Morgan fingerprint density at radius 1 is 1.18 bits per heavy atom. The second-order valence-corrected chi connectivity index (χ2v) is 4.36. The third-order valence-electron chi connectivity index (χ3n) is 3.45. The van der Waals surface area contributed by atoms with Gasteiger partial charge < -0.3 is 0 Å². The van der Waals surface area contributed by atoms with Gasteiger partial charge in [-0.3, -0.25) is 4.79 Å². The van der Waals surface area contributed by atoms with Gasteiger partial charge in [0.15, 0.2) is 5.78 Å². The molecule has 2 heterocycles. The first-order valence-electron chi connectivity index (χ1n) is 5.59. The second kappa shape index (κ2) is 2.91. The molecule has 1 aliphatic heterocycles. The van der Waals surface area contributed by atoms with Gasteiger partial charge in [0.25, 0.3) is 0 Å². The van der Waals surface area contributed by atoms with E-state index < -0.39 is 0 Å². The van der Waals surface area contributed by atoms with Gasteiger partial charge in [0.1, 0.15) is 11.0 Å². The molecular formula is C13H9N3O. The zero-order chi connectivity index (χ0) is 11.4. The van der Waals surface area contributed by atoms with E-state index in [1.54, 1.807) is 0 Å². The maximum absolute atomic E-state index is 12.4. The van der Waals surface area contributed by atoms with Crippen LogP contribution in [0.1, 0.15) is 16.4 Å². The fourth-order valence-corrected chi connectivity index (χ4v) is 2.65. The molecule has 17 heavy (non-hydrogen) atoms. The van der Waals surface area contributed by atoms with E-state index in [0.717, 1.165) is 16.6 Å². The SMILES string of the molecule is O=C1c2cccc3nnn(c23)C2C=CC=CC12. The molecule has 0 saturated heterocycles. The van der Waals surface area contributed by atoms with Crippen molar-refractivity contribution in [2.24, 2.45) is 5.92 Å². The van der Waals surface area contributed by atoms with E-state index in [1.165, 1.54) is 0 Å². The molecule has 0 radical (unpaired) electrons. The lowest BCUT2D eigenvalue weighted by Crippen LogP contribution is -2.30. The van der Waals surface area contributed by atoms with Gasteiger partial charge >= 0.3 is 0 Å². The number of hydrogen-bond acceptors (Lipinski definition) is 3. The van der Waals surface area contributed by atoms with E-state index >= 15 is 0 Å². The molecule has 2 aromatic rings. The summed E-state index contributed by atoms with van der Waals surface area (Å²) in [5.41, 5.74) is 2.38. The highest BCUT2D eigenvalue weighted by molar-refractivity contribution is 6.09. The Bertz CT molecular complexity index is 696. The summed E-state index contributed by atoms with van der Waals surface area (Å²) in [5.74, 6) is 0.0239. The Morgan fingerprint density at radius 3 is 3.00 bits per heavy atom. The normalized spacial score (nSPS) is 25.3. The van der Waals surface area contributed by atoms with Crippen LogP contribution in [0.2, 0.25) is 0 Å². The van der Waals surface area contributed by atoms with Crippen LogP contribution in [-0.2, 0) is 0 Å². The fourth-order valence-electron chi connectivity index (χ4n) is 2.65. The molecule has 0 spiro atoms.